The molecule has 2 heterocycles. The Labute approximate surface area is 112 Å². The molecule has 0 radical (unpaired) electrons. The van der Waals surface area contributed by atoms with E-state index >= 15 is 0 Å². The van der Waals surface area contributed by atoms with Gasteiger partial charge in [0, 0.05) is 20.0 Å². The highest BCUT2D eigenvalue weighted by molar-refractivity contribution is 6.01. The van der Waals surface area contributed by atoms with Crippen molar-refractivity contribution in [3.63, 3.8) is 0 Å². The van der Waals surface area contributed by atoms with Gasteiger partial charge in [0.05, 0.1) is 5.41 Å². The van der Waals surface area contributed by atoms with Crippen LogP contribution in [0.2, 0.25) is 0 Å². The zero-order valence-corrected chi connectivity index (χ0v) is 11.5. The van der Waals surface area contributed by atoms with E-state index in [-0.39, 0.29) is 17.7 Å². The van der Waals surface area contributed by atoms with Crippen LogP contribution in [0.15, 0.2) is 0 Å². The van der Waals surface area contributed by atoms with Gasteiger partial charge in [-0.3, -0.25) is 19.3 Å². The fourth-order valence-electron chi connectivity index (χ4n) is 2.76. The molecule has 6 heteroatoms. The number of hydrogen-bond acceptors (Lipinski definition) is 4. The van der Waals surface area contributed by atoms with Gasteiger partial charge in [-0.1, -0.05) is 6.92 Å². The molecular weight excluding hydrogens is 246 g/mol. The number of carbonyl (C=O) groups excluding carboxylic acids is 3. The maximum absolute atomic E-state index is 12.4. The molecule has 0 aromatic rings. The second-order valence-electron chi connectivity index (χ2n) is 5.42. The summed E-state index contributed by atoms with van der Waals surface area (Å²) in [6.45, 7) is 3.48. The average molecular weight is 267 g/mol. The molecule has 2 N–H and O–H groups in total. The van der Waals surface area contributed by atoms with Gasteiger partial charge in [-0.15, -0.1) is 0 Å². The molecule has 6 nitrogen and oxygen atoms in total. The van der Waals surface area contributed by atoms with Gasteiger partial charge in [-0.05, 0) is 25.8 Å². The molecule has 2 atom stereocenters. The lowest BCUT2D eigenvalue weighted by atomic mass is 9.83. The van der Waals surface area contributed by atoms with Crippen LogP contribution in [0.5, 0.6) is 0 Å². The predicted octanol–water partition coefficient (Wildman–Crippen LogP) is -0.360. The number of imide groups is 1. The van der Waals surface area contributed by atoms with Crippen LogP contribution in [0.25, 0.3) is 0 Å². The number of likely N-dealkylation sites (N-methyl/N-ethyl adjacent to an activating group) is 1. The number of hydrogen-bond donors (Lipinski definition) is 2. The molecule has 19 heavy (non-hydrogen) atoms. The summed E-state index contributed by atoms with van der Waals surface area (Å²) in [5.41, 5.74) is -0.402. The first-order valence-electron chi connectivity index (χ1n) is 6.82. The van der Waals surface area contributed by atoms with Crippen LogP contribution in [0.4, 0.5) is 0 Å². The smallest absolute Gasteiger partial charge is 0.251 e. The standard InChI is InChI=1S/C13H21N3O3/c1-3-13(6-7-14-8-13)12(19)15-9-4-5-10(17)16(2)11(9)18/h9,14H,3-8H2,1-2H3,(H,15,19). The average Bonchev–Trinajstić information content (AvgIpc) is 2.89. The number of likely N-dealkylation sites (tertiary alicyclic amines) is 1. The molecule has 0 aromatic heterocycles. The van der Waals surface area contributed by atoms with E-state index in [4.69, 9.17) is 0 Å². The molecule has 3 amide bonds. The van der Waals surface area contributed by atoms with Gasteiger partial charge in [-0.2, -0.15) is 0 Å². The minimum Gasteiger partial charge on any atom is -0.344 e. The largest absolute Gasteiger partial charge is 0.344 e. The fraction of sp³-hybridized carbons (Fsp3) is 0.769. The van der Waals surface area contributed by atoms with Crippen molar-refractivity contribution in [2.24, 2.45) is 5.41 Å². The van der Waals surface area contributed by atoms with E-state index in [1.54, 1.807) is 0 Å². The van der Waals surface area contributed by atoms with Gasteiger partial charge >= 0.3 is 0 Å². The highest BCUT2D eigenvalue weighted by atomic mass is 16.2. The van der Waals surface area contributed by atoms with Gasteiger partial charge in [-0.25, -0.2) is 0 Å². The molecule has 0 aromatic carbocycles. The van der Waals surface area contributed by atoms with E-state index in [0.717, 1.165) is 24.3 Å². The summed E-state index contributed by atoms with van der Waals surface area (Å²) >= 11 is 0. The Kier molecular flexibility index (Phi) is 3.89. The minimum absolute atomic E-state index is 0.0684. The topological polar surface area (TPSA) is 78.5 Å². The van der Waals surface area contributed by atoms with Crippen molar-refractivity contribution in [1.29, 1.82) is 0 Å². The van der Waals surface area contributed by atoms with Gasteiger partial charge in [0.1, 0.15) is 6.04 Å². The normalized spacial score (nSPS) is 31.7. The van der Waals surface area contributed by atoms with Crippen molar-refractivity contribution < 1.29 is 14.4 Å². The van der Waals surface area contributed by atoms with Crippen LogP contribution in [0, 0.1) is 5.41 Å². The zero-order chi connectivity index (χ0) is 14.0. The third kappa shape index (κ3) is 2.49. The molecule has 106 valence electrons. The second kappa shape index (κ2) is 5.28. The quantitative estimate of drug-likeness (QED) is 0.685. The van der Waals surface area contributed by atoms with Crippen molar-refractivity contribution in [3.8, 4) is 0 Å². The number of carbonyl (C=O) groups is 3. The Bertz CT molecular complexity index is 402. The van der Waals surface area contributed by atoms with Gasteiger partial charge in [0.25, 0.3) is 5.91 Å². The van der Waals surface area contributed by atoms with E-state index < -0.39 is 11.5 Å². The van der Waals surface area contributed by atoms with Crippen molar-refractivity contribution in [2.75, 3.05) is 20.1 Å². The Balaban J connectivity index is 2.03. The maximum Gasteiger partial charge on any atom is 0.251 e. The van der Waals surface area contributed by atoms with Crippen LogP contribution in [-0.2, 0) is 14.4 Å². The second-order valence-corrected chi connectivity index (χ2v) is 5.42. The summed E-state index contributed by atoms with van der Waals surface area (Å²) in [4.78, 5) is 36.9. The monoisotopic (exact) mass is 267 g/mol. The lowest BCUT2D eigenvalue weighted by Crippen LogP contribution is -2.56. The van der Waals surface area contributed by atoms with Crippen molar-refractivity contribution >= 4 is 17.7 Å². The van der Waals surface area contributed by atoms with Gasteiger partial charge < -0.3 is 10.6 Å². The van der Waals surface area contributed by atoms with Crippen molar-refractivity contribution in [3.05, 3.63) is 0 Å². The van der Waals surface area contributed by atoms with E-state index in [1.807, 2.05) is 6.92 Å². The third-order valence-electron chi connectivity index (χ3n) is 4.36. The minimum atomic E-state index is -0.556. The summed E-state index contributed by atoms with van der Waals surface area (Å²) in [6.07, 6.45) is 2.26. The molecule has 0 saturated carbocycles. The highest BCUT2D eigenvalue weighted by Gasteiger charge is 2.42. The molecule has 2 rings (SSSR count). The Morgan fingerprint density at radius 2 is 2.26 bits per heavy atom. The predicted molar refractivity (Wildman–Crippen MR) is 69.2 cm³/mol. The molecular formula is C13H21N3O3. The molecule has 0 bridgehead atoms. The summed E-state index contributed by atoms with van der Waals surface area (Å²) in [7, 11) is 1.47. The van der Waals surface area contributed by atoms with E-state index in [9.17, 15) is 14.4 Å². The summed E-state index contributed by atoms with van der Waals surface area (Å²) < 4.78 is 0. The zero-order valence-electron chi connectivity index (χ0n) is 11.5. The molecule has 2 fully saturated rings. The Hall–Kier alpha value is -1.43. The first-order chi connectivity index (χ1) is 9.00. The SMILES string of the molecule is CCC1(C(=O)NC2CCC(=O)N(C)C2=O)CCNC1. The van der Waals surface area contributed by atoms with Gasteiger partial charge in [0.15, 0.2) is 0 Å². The van der Waals surface area contributed by atoms with Crippen LogP contribution in [-0.4, -0.2) is 48.8 Å². The van der Waals surface area contributed by atoms with Crippen LogP contribution in [0.3, 0.4) is 0 Å². The van der Waals surface area contributed by atoms with Crippen LogP contribution in [0.1, 0.15) is 32.6 Å². The van der Waals surface area contributed by atoms with E-state index in [1.165, 1.54) is 7.05 Å². The third-order valence-corrected chi connectivity index (χ3v) is 4.36. The molecule has 2 saturated heterocycles. The van der Waals surface area contributed by atoms with E-state index in [2.05, 4.69) is 10.6 Å². The first-order valence-corrected chi connectivity index (χ1v) is 6.82. The van der Waals surface area contributed by atoms with E-state index in [0.29, 0.717) is 19.4 Å². The lowest BCUT2D eigenvalue weighted by Gasteiger charge is -2.32. The Morgan fingerprint density at radius 1 is 1.53 bits per heavy atom. The lowest BCUT2D eigenvalue weighted by molar-refractivity contribution is -0.150. The Morgan fingerprint density at radius 3 is 2.84 bits per heavy atom. The number of piperidine rings is 1. The summed E-state index contributed by atoms with van der Waals surface area (Å²) in [5, 5.41) is 6.03. The number of nitrogens with zero attached hydrogens (tertiary/aromatic N) is 1. The number of nitrogens with one attached hydrogen (secondary N) is 2. The van der Waals surface area contributed by atoms with Crippen LogP contribution < -0.4 is 10.6 Å². The molecule has 0 aliphatic carbocycles. The summed E-state index contributed by atoms with van der Waals surface area (Å²) in [6, 6.07) is -0.556. The van der Waals surface area contributed by atoms with Crippen molar-refractivity contribution in [2.45, 2.75) is 38.6 Å². The number of rotatable bonds is 3. The first kappa shape index (κ1) is 14.0. The van der Waals surface area contributed by atoms with Gasteiger partial charge in [0.2, 0.25) is 11.8 Å². The summed E-state index contributed by atoms with van der Waals surface area (Å²) in [5.74, 6) is -0.550. The number of amides is 3. The molecule has 0 spiro atoms. The molecule has 2 aliphatic heterocycles. The highest BCUT2D eigenvalue weighted by Crippen LogP contribution is 2.30. The van der Waals surface area contributed by atoms with Crippen LogP contribution >= 0.6 is 0 Å². The van der Waals surface area contributed by atoms with Crippen molar-refractivity contribution in [1.82, 2.24) is 15.5 Å². The maximum atomic E-state index is 12.4. The molecule has 2 unspecified atom stereocenters. The molecule has 2 aliphatic rings. The fourth-order valence-corrected chi connectivity index (χ4v) is 2.76.